The Morgan fingerprint density at radius 1 is 1.15 bits per heavy atom. The van der Waals surface area contributed by atoms with Gasteiger partial charge in [-0.1, -0.05) is 44.2 Å². The van der Waals surface area contributed by atoms with Crippen LogP contribution in [0.5, 0.6) is 0 Å². The third kappa shape index (κ3) is 1.49. The molecular weight excluding hydrogens is 246 g/mol. The number of anilines is 1. The second-order valence-corrected chi connectivity index (χ2v) is 6.79. The smallest absolute Gasteiger partial charge is 0.0577 e. The van der Waals surface area contributed by atoms with Crippen molar-refractivity contribution in [2.24, 2.45) is 0 Å². The Balaban J connectivity index is 1.98. The maximum absolute atomic E-state index is 10.1. The molecule has 1 N–H and O–H groups in total. The molecule has 0 radical (unpaired) electrons. The maximum atomic E-state index is 10.1. The van der Waals surface area contributed by atoms with E-state index in [0.29, 0.717) is 6.04 Å². The van der Waals surface area contributed by atoms with E-state index in [9.17, 15) is 5.11 Å². The summed E-state index contributed by atoms with van der Waals surface area (Å²) in [6.07, 6.45) is 1.63. The van der Waals surface area contributed by atoms with Crippen LogP contribution in [0.15, 0.2) is 36.4 Å². The first-order valence-corrected chi connectivity index (χ1v) is 7.56. The standard InChI is InChI=1S/C18H21NO/c1-18(2)16-11-13(20)9-10-19(16)15-8-7-12-5-3-4-6-14(12)17(15)18/h3-8,13,16,20H,9-11H2,1-2H3/t13-,16+/m1/s1. The number of nitrogens with zero attached hydrogens (tertiary/aromatic N) is 1. The van der Waals surface area contributed by atoms with Crippen LogP contribution in [0.3, 0.4) is 0 Å². The summed E-state index contributed by atoms with van der Waals surface area (Å²) in [7, 11) is 0. The van der Waals surface area contributed by atoms with Gasteiger partial charge in [0.2, 0.25) is 0 Å². The van der Waals surface area contributed by atoms with Gasteiger partial charge in [-0.15, -0.1) is 0 Å². The van der Waals surface area contributed by atoms with Crippen LogP contribution >= 0.6 is 0 Å². The summed E-state index contributed by atoms with van der Waals surface area (Å²) >= 11 is 0. The van der Waals surface area contributed by atoms with E-state index in [1.807, 2.05) is 0 Å². The predicted molar refractivity (Wildman–Crippen MR) is 83.3 cm³/mol. The summed E-state index contributed by atoms with van der Waals surface area (Å²) in [5.74, 6) is 0. The minimum atomic E-state index is -0.142. The van der Waals surface area contributed by atoms with Gasteiger partial charge in [0.25, 0.3) is 0 Å². The van der Waals surface area contributed by atoms with Gasteiger partial charge in [-0.25, -0.2) is 0 Å². The lowest BCUT2D eigenvalue weighted by molar-refractivity contribution is 0.117. The number of hydrogen-bond acceptors (Lipinski definition) is 2. The van der Waals surface area contributed by atoms with Gasteiger partial charge in [0.05, 0.1) is 6.10 Å². The Labute approximate surface area is 120 Å². The molecule has 4 rings (SSSR count). The van der Waals surface area contributed by atoms with Crippen molar-refractivity contribution in [3.8, 4) is 0 Å². The van der Waals surface area contributed by atoms with Crippen LogP contribution in [-0.4, -0.2) is 23.8 Å². The number of aliphatic hydroxyl groups excluding tert-OH is 1. The Morgan fingerprint density at radius 3 is 2.80 bits per heavy atom. The summed E-state index contributed by atoms with van der Waals surface area (Å²) in [6.45, 7) is 5.64. The molecule has 2 nitrogen and oxygen atoms in total. The normalized spacial score (nSPS) is 27.4. The van der Waals surface area contributed by atoms with Gasteiger partial charge >= 0.3 is 0 Å². The zero-order valence-corrected chi connectivity index (χ0v) is 12.1. The van der Waals surface area contributed by atoms with Crippen molar-refractivity contribution in [3.05, 3.63) is 42.0 Å². The van der Waals surface area contributed by atoms with Crippen LogP contribution in [0.1, 0.15) is 32.3 Å². The zero-order valence-electron chi connectivity index (χ0n) is 12.1. The number of fused-ring (bicyclic) bond motifs is 5. The SMILES string of the molecule is CC1(C)c2c(ccc3ccccc23)N2CC[C@@H](O)C[C@H]21. The lowest BCUT2D eigenvalue weighted by Crippen LogP contribution is -2.48. The van der Waals surface area contributed by atoms with Crippen molar-refractivity contribution < 1.29 is 5.11 Å². The van der Waals surface area contributed by atoms with Gasteiger partial charge in [-0.05, 0) is 35.2 Å². The molecule has 2 aliphatic heterocycles. The van der Waals surface area contributed by atoms with Gasteiger partial charge in [0.1, 0.15) is 0 Å². The minimum Gasteiger partial charge on any atom is -0.393 e. The molecule has 0 unspecified atom stereocenters. The molecule has 2 aromatic rings. The number of hydrogen-bond donors (Lipinski definition) is 1. The van der Waals surface area contributed by atoms with Gasteiger partial charge < -0.3 is 10.0 Å². The average Bonchev–Trinajstić information content (AvgIpc) is 2.67. The van der Waals surface area contributed by atoms with Crippen molar-refractivity contribution in [1.29, 1.82) is 0 Å². The fourth-order valence-corrected chi connectivity index (χ4v) is 4.26. The Bertz CT molecular complexity index is 676. The first-order valence-electron chi connectivity index (χ1n) is 7.56. The van der Waals surface area contributed by atoms with E-state index in [4.69, 9.17) is 0 Å². The van der Waals surface area contributed by atoms with E-state index in [2.05, 4.69) is 55.1 Å². The van der Waals surface area contributed by atoms with Gasteiger partial charge in [-0.2, -0.15) is 0 Å². The summed E-state index contributed by atoms with van der Waals surface area (Å²) in [6, 6.07) is 13.6. The lowest BCUT2D eigenvalue weighted by Gasteiger charge is -2.40. The number of benzene rings is 2. The molecule has 2 atom stereocenters. The largest absolute Gasteiger partial charge is 0.393 e. The second-order valence-electron chi connectivity index (χ2n) is 6.79. The fraction of sp³-hybridized carbons (Fsp3) is 0.444. The van der Waals surface area contributed by atoms with E-state index in [1.165, 1.54) is 22.0 Å². The Kier molecular flexibility index (Phi) is 2.43. The van der Waals surface area contributed by atoms with Crippen LogP contribution < -0.4 is 4.90 Å². The third-order valence-electron chi connectivity index (χ3n) is 5.27. The van der Waals surface area contributed by atoms with Crippen LogP contribution in [0.2, 0.25) is 0 Å². The first kappa shape index (κ1) is 12.2. The molecule has 0 saturated carbocycles. The molecule has 2 heterocycles. The van der Waals surface area contributed by atoms with Crippen LogP contribution in [0.25, 0.3) is 10.8 Å². The van der Waals surface area contributed by atoms with Crippen molar-refractivity contribution in [2.45, 2.75) is 44.2 Å². The number of aliphatic hydroxyl groups is 1. The minimum absolute atomic E-state index is 0.0948. The predicted octanol–water partition coefficient (Wildman–Crippen LogP) is 3.46. The molecular formula is C18H21NO. The van der Waals surface area contributed by atoms with E-state index in [1.54, 1.807) is 0 Å². The monoisotopic (exact) mass is 267 g/mol. The van der Waals surface area contributed by atoms with E-state index in [-0.39, 0.29) is 11.5 Å². The highest BCUT2D eigenvalue weighted by Crippen LogP contribution is 2.51. The molecule has 2 heteroatoms. The van der Waals surface area contributed by atoms with Crippen LogP contribution in [0, 0.1) is 0 Å². The molecule has 1 saturated heterocycles. The molecule has 2 aromatic carbocycles. The summed E-state index contributed by atoms with van der Waals surface area (Å²) in [4.78, 5) is 2.52. The summed E-state index contributed by atoms with van der Waals surface area (Å²) in [5.41, 5.74) is 2.94. The molecule has 0 aromatic heterocycles. The van der Waals surface area contributed by atoms with Gasteiger partial charge in [0.15, 0.2) is 0 Å². The second kappa shape index (κ2) is 3.98. The third-order valence-corrected chi connectivity index (χ3v) is 5.27. The van der Waals surface area contributed by atoms with E-state index >= 15 is 0 Å². The Morgan fingerprint density at radius 2 is 1.95 bits per heavy atom. The highest BCUT2D eigenvalue weighted by Gasteiger charge is 2.47. The average molecular weight is 267 g/mol. The molecule has 20 heavy (non-hydrogen) atoms. The molecule has 0 bridgehead atoms. The number of rotatable bonds is 0. The highest BCUT2D eigenvalue weighted by molar-refractivity contribution is 5.93. The van der Waals surface area contributed by atoms with Crippen LogP contribution in [-0.2, 0) is 5.41 Å². The topological polar surface area (TPSA) is 23.5 Å². The Hall–Kier alpha value is -1.54. The van der Waals surface area contributed by atoms with Crippen molar-refractivity contribution >= 4 is 16.5 Å². The van der Waals surface area contributed by atoms with E-state index < -0.39 is 0 Å². The molecule has 2 aliphatic rings. The van der Waals surface area contributed by atoms with Gasteiger partial charge in [0, 0.05) is 23.7 Å². The van der Waals surface area contributed by atoms with Crippen molar-refractivity contribution in [2.75, 3.05) is 11.4 Å². The fourth-order valence-electron chi connectivity index (χ4n) is 4.26. The lowest BCUT2D eigenvalue weighted by atomic mass is 9.75. The molecule has 0 aliphatic carbocycles. The molecule has 0 spiro atoms. The quantitative estimate of drug-likeness (QED) is 0.790. The van der Waals surface area contributed by atoms with Crippen molar-refractivity contribution in [3.63, 3.8) is 0 Å². The van der Waals surface area contributed by atoms with Gasteiger partial charge in [-0.3, -0.25) is 0 Å². The van der Waals surface area contributed by atoms with Crippen molar-refractivity contribution in [1.82, 2.24) is 0 Å². The zero-order chi connectivity index (χ0) is 13.9. The highest BCUT2D eigenvalue weighted by atomic mass is 16.3. The maximum Gasteiger partial charge on any atom is 0.0577 e. The van der Waals surface area contributed by atoms with Crippen LogP contribution in [0.4, 0.5) is 5.69 Å². The molecule has 0 amide bonds. The number of piperidine rings is 1. The summed E-state index contributed by atoms with van der Waals surface area (Å²) < 4.78 is 0. The van der Waals surface area contributed by atoms with E-state index in [0.717, 1.165) is 19.4 Å². The molecule has 1 fully saturated rings. The summed E-state index contributed by atoms with van der Waals surface area (Å²) in [5, 5.41) is 12.7. The molecule has 104 valence electrons. The first-order chi connectivity index (χ1) is 9.59.